The third-order valence-electron chi connectivity index (χ3n) is 2.05. The summed E-state index contributed by atoms with van der Waals surface area (Å²) in [7, 11) is 0. The second-order valence-corrected chi connectivity index (χ2v) is 3.60. The molecule has 2 nitrogen and oxygen atoms in total. The molecule has 0 atom stereocenters. The first kappa shape index (κ1) is 16.1. The highest BCUT2D eigenvalue weighted by Gasteiger charge is 1.91. The molecule has 0 heterocycles. The van der Waals surface area contributed by atoms with Crippen molar-refractivity contribution in [1.29, 1.82) is 0 Å². The third kappa shape index (κ3) is 12.1. The van der Waals surface area contributed by atoms with Gasteiger partial charge in [-0.15, -0.1) is 0 Å². The van der Waals surface area contributed by atoms with Gasteiger partial charge in [-0.1, -0.05) is 56.4 Å². The molecule has 0 aliphatic carbocycles. The summed E-state index contributed by atoms with van der Waals surface area (Å²) in [4.78, 5) is 11.1. The Morgan fingerprint density at radius 1 is 1.22 bits per heavy atom. The number of carbonyl (C=O) groups is 1. The first-order valence-electron chi connectivity index (χ1n) is 6.22. The average Bonchev–Trinajstić information content (AvgIpc) is 2.38. The van der Waals surface area contributed by atoms with Gasteiger partial charge in [-0.3, -0.25) is 0 Å². The first-order valence-corrected chi connectivity index (χ1v) is 6.22. The van der Waals surface area contributed by atoms with Crippen LogP contribution in [0, 0.1) is 23.7 Å². The van der Waals surface area contributed by atoms with Crippen molar-refractivity contribution in [3.8, 4) is 23.7 Å². The quantitative estimate of drug-likeness (QED) is 0.310. The largest absolute Gasteiger partial charge is 0.449 e. The molecule has 2 heteroatoms. The van der Waals surface area contributed by atoms with Crippen LogP contribution in [0.15, 0.2) is 24.8 Å². The van der Waals surface area contributed by atoms with E-state index in [1.54, 1.807) is 0 Å². The summed E-state index contributed by atoms with van der Waals surface area (Å²) < 4.78 is 4.79. The number of carbonyl (C=O) groups excluding carboxylic acids is 1. The molecule has 0 N–H and O–H groups in total. The Morgan fingerprint density at radius 3 is 2.78 bits per heavy atom. The number of allylic oxidation sites excluding steroid dienone is 2. The fourth-order valence-electron chi connectivity index (χ4n) is 1.15. The zero-order valence-electron chi connectivity index (χ0n) is 11.0. The second kappa shape index (κ2) is 13.1. The number of ether oxygens (including phenoxy) is 1. The number of rotatable bonds is 6. The molecule has 0 radical (unpaired) electrons. The van der Waals surface area contributed by atoms with Gasteiger partial charge in [0.25, 0.3) is 0 Å². The summed E-state index contributed by atoms with van der Waals surface area (Å²) in [6.45, 7) is 5.69. The molecule has 96 valence electrons. The van der Waals surface area contributed by atoms with Crippen LogP contribution in [-0.2, 0) is 9.53 Å². The Labute approximate surface area is 110 Å². The number of hydrogen-bond acceptors (Lipinski definition) is 2. The maximum atomic E-state index is 11.1. The zero-order valence-corrected chi connectivity index (χ0v) is 11.0. The Bertz CT molecular complexity index is 383. The van der Waals surface area contributed by atoms with E-state index in [1.165, 1.54) is 37.5 Å². The maximum absolute atomic E-state index is 11.1. The lowest BCUT2D eigenvalue weighted by Gasteiger charge is -1.92. The van der Waals surface area contributed by atoms with E-state index in [0.29, 0.717) is 0 Å². The highest BCUT2D eigenvalue weighted by Crippen LogP contribution is 2.00. The molecule has 0 amide bonds. The normalized spacial score (nSPS) is 8.94. The van der Waals surface area contributed by atoms with Gasteiger partial charge in [0.05, 0.1) is 0 Å². The molecule has 0 unspecified atom stereocenters. The molecule has 0 fully saturated rings. The van der Waals surface area contributed by atoms with Crippen LogP contribution in [0.2, 0.25) is 0 Å². The van der Waals surface area contributed by atoms with Gasteiger partial charge in [0, 0.05) is 12.5 Å². The molecule has 0 aliphatic heterocycles. The van der Waals surface area contributed by atoms with Gasteiger partial charge >= 0.3 is 5.97 Å². The van der Waals surface area contributed by atoms with Crippen LogP contribution >= 0.6 is 0 Å². The third-order valence-corrected chi connectivity index (χ3v) is 2.05. The number of esters is 1. The summed E-state index contributed by atoms with van der Waals surface area (Å²) >= 11 is 0. The predicted octanol–water partition coefficient (Wildman–Crippen LogP) is 3.25. The van der Waals surface area contributed by atoms with Gasteiger partial charge in [0.1, 0.15) is 0 Å². The SMILES string of the molecule is C=CC#CCOC(=O)/C=C/C#CCCCCCC. The molecule has 0 spiro atoms. The Hall–Kier alpha value is -1.93. The van der Waals surface area contributed by atoms with Crippen molar-refractivity contribution < 1.29 is 9.53 Å². The smallest absolute Gasteiger partial charge is 0.332 e. The van der Waals surface area contributed by atoms with Gasteiger partial charge in [-0.05, 0) is 18.6 Å². The molecule has 0 aromatic rings. The Kier molecular flexibility index (Phi) is 11.7. The van der Waals surface area contributed by atoms with E-state index in [9.17, 15) is 4.79 Å². The van der Waals surface area contributed by atoms with E-state index in [0.717, 1.165) is 12.8 Å². The lowest BCUT2D eigenvalue weighted by Crippen LogP contribution is -1.99. The molecule has 18 heavy (non-hydrogen) atoms. The Morgan fingerprint density at radius 2 is 2.06 bits per heavy atom. The van der Waals surface area contributed by atoms with Crippen LogP contribution in [0.4, 0.5) is 0 Å². The van der Waals surface area contributed by atoms with E-state index < -0.39 is 5.97 Å². The van der Waals surface area contributed by atoms with Crippen LogP contribution in [0.5, 0.6) is 0 Å². The van der Waals surface area contributed by atoms with Gasteiger partial charge in [0.2, 0.25) is 0 Å². The minimum absolute atomic E-state index is 0.0830. The van der Waals surface area contributed by atoms with Crippen LogP contribution < -0.4 is 0 Å². The summed E-state index contributed by atoms with van der Waals surface area (Å²) in [5.41, 5.74) is 0. The topological polar surface area (TPSA) is 26.3 Å². The fraction of sp³-hybridized carbons (Fsp3) is 0.438. The van der Waals surface area contributed by atoms with E-state index in [1.807, 2.05) is 0 Å². The second-order valence-electron chi connectivity index (χ2n) is 3.60. The minimum Gasteiger partial charge on any atom is -0.449 e. The highest BCUT2D eigenvalue weighted by atomic mass is 16.5. The van der Waals surface area contributed by atoms with Crippen molar-refractivity contribution in [1.82, 2.24) is 0 Å². The molecule has 0 saturated heterocycles. The molecule has 0 rings (SSSR count). The highest BCUT2D eigenvalue weighted by molar-refractivity contribution is 5.82. The maximum Gasteiger partial charge on any atom is 0.332 e. The van der Waals surface area contributed by atoms with Crippen molar-refractivity contribution >= 4 is 5.97 Å². The zero-order chi connectivity index (χ0) is 13.5. The van der Waals surface area contributed by atoms with Crippen LogP contribution in [0.25, 0.3) is 0 Å². The molecule has 0 aliphatic rings. The van der Waals surface area contributed by atoms with Gasteiger partial charge in [-0.2, -0.15) is 0 Å². The molecule has 0 saturated carbocycles. The molecular weight excluding hydrogens is 224 g/mol. The summed E-state index contributed by atoms with van der Waals surface area (Å²) in [5.74, 6) is 10.6. The van der Waals surface area contributed by atoms with E-state index in [2.05, 4.69) is 37.2 Å². The van der Waals surface area contributed by atoms with Gasteiger partial charge in [-0.25, -0.2) is 4.79 Å². The molecule has 0 aromatic heterocycles. The van der Waals surface area contributed by atoms with Crippen molar-refractivity contribution in [2.45, 2.75) is 39.0 Å². The van der Waals surface area contributed by atoms with Crippen molar-refractivity contribution in [3.63, 3.8) is 0 Å². The minimum atomic E-state index is -0.423. The van der Waals surface area contributed by atoms with E-state index >= 15 is 0 Å². The van der Waals surface area contributed by atoms with Crippen LogP contribution in [0.3, 0.4) is 0 Å². The summed E-state index contributed by atoms with van der Waals surface area (Å²) in [6, 6.07) is 0. The lowest BCUT2D eigenvalue weighted by atomic mass is 10.2. The number of hydrogen-bond donors (Lipinski definition) is 0. The molecule has 0 bridgehead atoms. The van der Waals surface area contributed by atoms with Crippen molar-refractivity contribution in [3.05, 3.63) is 24.8 Å². The summed E-state index contributed by atoms with van der Waals surface area (Å²) in [6.07, 6.45) is 9.99. The van der Waals surface area contributed by atoms with Gasteiger partial charge in [0.15, 0.2) is 6.61 Å². The fourth-order valence-corrected chi connectivity index (χ4v) is 1.15. The van der Waals surface area contributed by atoms with E-state index in [-0.39, 0.29) is 6.61 Å². The van der Waals surface area contributed by atoms with Crippen LogP contribution in [-0.4, -0.2) is 12.6 Å². The van der Waals surface area contributed by atoms with Crippen LogP contribution in [0.1, 0.15) is 39.0 Å². The monoisotopic (exact) mass is 244 g/mol. The van der Waals surface area contributed by atoms with Crippen molar-refractivity contribution in [2.75, 3.05) is 6.61 Å². The van der Waals surface area contributed by atoms with Gasteiger partial charge < -0.3 is 4.74 Å². The van der Waals surface area contributed by atoms with Crippen molar-refractivity contribution in [2.24, 2.45) is 0 Å². The predicted molar refractivity (Wildman–Crippen MR) is 74.6 cm³/mol. The standard InChI is InChI=1S/C16H20O2/c1-3-5-7-8-9-10-11-12-14-16(17)18-15-13-6-4-2/h4,12,14H,2-3,5,7-9,15H2,1H3/b14-12+. The molecular formula is C16H20O2. The summed E-state index contributed by atoms with van der Waals surface area (Å²) in [5, 5.41) is 0. The molecule has 0 aromatic carbocycles. The Balaban J connectivity index is 3.64. The first-order chi connectivity index (χ1) is 8.81. The lowest BCUT2D eigenvalue weighted by molar-refractivity contribution is -0.136. The average molecular weight is 244 g/mol. The van der Waals surface area contributed by atoms with E-state index in [4.69, 9.17) is 4.74 Å². The number of unbranched alkanes of at least 4 members (excludes halogenated alkanes) is 4.